The zero-order valence-electron chi connectivity index (χ0n) is 14.3. The van der Waals surface area contributed by atoms with Gasteiger partial charge >= 0.3 is 0 Å². The Morgan fingerprint density at radius 1 is 1.12 bits per heavy atom. The molecule has 0 aromatic heterocycles. The third-order valence-electron chi connectivity index (χ3n) is 3.45. The van der Waals surface area contributed by atoms with E-state index in [9.17, 15) is 14.4 Å². The lowest BCUT2D eigenvalue weighted by atomic mass is 10.0. The minimum absolute atomic E-state index is 0.109. The van der Waals surface area contributed by atoms with Gasteiger partial charge in [-0.1, -0.05) is 56.3 Å². The van der Waals surface area contributed by atoms with E-state index in [2.05, 4.69) is 10.6 Å². The van der Waals surface area contributed by atoms with Gasteiger partial charge in [-0.05, 0) is 17.9 Å². The first-order chi connectivity index (χ1) is 11.3. The number of carbonyl (C=O) groups excluding carboxylic acids is 3. The average molecular weight is 331 g/mol. The Hall–Kier alpha value is -2.63. The second-order valence-corrected chi connectivity index (χ2v) is 5.93. The summed E-state index contributed by atoms with van der Waals surface area (Å²) < 4.78 is 0. The second-order valence-electron chi connectivity index (χ2n) is 5.93. The fourth-order valence-electron chi connectivity index (χ4n) is 2.17. The highest BCUT2D eigenvalue weighted by molar-refractivity contribution is 5.91. The summed E-state index contributed by atoms with van der Waals surface area (Å²) in [5, 5.41) is 5.19. The first-order valence-electron chi connectivity index (χ1n) is 7.89. The minimum atomic E-state index is -0.826. The highest BCUT2D eigenvalue weighted by atomic mass is 16.2. The van der Waals surface area contributed by atoms with Crippen molar-refractivity contribution in [3.05, 3.63) is 42.0 Å². The van der Waals surface area contributed by atoms with E-state index in [1.54, 1.807) is 6.08 Å². The third kappa shape index (κ3) is 6.64. The number of nitrogens with two attached hydrogens (primary N) is 1. The second kappa shape index (κ2) is 9.50. The molecule has 0 heterocycles. The molecule has 6 nitrogen and oxygen atoms in total. The Labute approximate surface area is 142 Å². The summed E-state index contributed by atoms with van der Waals surface area (Å²) in [7, 11) is 0. The Morgan fingerprint density at radius 2 is 1.75 bits per heavy atom. The van der Waals surface area contributed by atoms with Crippen molar-refractivity contribution in [3.63, 3.8) is 0 Å². The first-order valence-corrected chi connectivity index (χ1v) is 7.89. The molecule has 0 radical (unpaired) electrons. The number of carbonyl (C=O) groups is 3. The molecule has 6 heteroatoms. The molecule has 130 valence electrons. The van der Waals surface area contributed by atoms with Crippen LogP contribution in [0.2, 0.25) is 0 Å². The number of hydrogen-bond donors (Lipinski definition) is 3. The van der Waals surface area contributed by atoms with Gasteiger partial charge in [0.1, 0.15) is 12.1 Å². The molecule has 0 saturated carbocycles. The zero-order chi connectivity index (χ0) is 18.1. The van der Waals surface area contributed by atoms with Gasteiger partial charge in [0, 0.05) is 6.92 Å². The Balaban J connectivity index is 2.71. The van der Waals surface area contributed by atoms with Gasteiger partial charge in [-0.3, -0.25) is 14.4 Å². The number of benzene rings is 1. The highest BCUT2D eigenvalue weighted by Crippen LogP contribution is 2.06. The van der Waals surface area contributed by atoms with Crippen molar-refractivity contribution in [2.75, 3.05) is 0 Å². The summed E-state index contributed by atoms with van der Waals surface area (Å²) in [6.45, 7) is 4.97. The van der Waals surface area contributed by atoms with Crippen molar-refractivity contribution >= 4 is 23.8 Å². The van der Waals surface area contributed by atoms with Crippen molar-refractivity contribution in [1.29, 1.82) is 0 Å². The molecule has 0 spiro atoms. The van der Waals surface area contributed by atoms with Crippen molar-refractivity contribution in [2.24, 2.45) is 11.7 Å². The molecule has 0 aliphatic heterocycles. The fourth-order valence-corrected chi connectivity index (χ4v) is 2.17. The number of primary amides is 1. The maximum absolute atomic E-state index is 12.3. The van der Waals surface area contributed by atoms with Gasteiger partial charge in [0.25, 0.3) is 0 Å². The van der Waals surface area contributed by atoms with Crippen LogP contribution in [-0.4, -0.2) is 29.8 Å². The summed E-state index contributed by atoms with van der Waals surface area (Å²) in [4.78, 5) is 35.1. The molecule has 4 N–H and O–H groups in total. The first kappa shape index (κ1) is 19.4. The van der Waals surface area contributed by atoms with E-state index in [0.717, 1.165) is 5.56 Å². The molecule has 0 bridgehead atoms. The molecular formula is C18H25N3O3. The maximum Gasteiger partial charge on any atom is 0.243 e. The molecule has 0 fully saturated rings. The van der Waals surface area contributed by atoms with Crippen molar-refractivity contribution < 1.29 is 14.4 Å². The Kier molecular flexibility index (Phi) is 7.68. The van der Waals surface area contributed by atoms with Gasteiger partial charge in [0.15, 0.2) is 0 Å². The highest BCUT2D eigenvalue weighted by Gasteiger charge is 2.26. The lowest BCUT2D eigenvalue weighted by molar-refractivity contribution is -0.131. The fraction of sp³-hybridized carbons (Fsp3) is 0.389. The lowest BCUT2D eigenvalue weighted by Crippen LogP contribution is -2.54. The molecule has 2 atom stereocenters. The third-order valence-corrected chi connectivity index (χ3v) is 3.45. The molecule has 1 aromatic rings. The normalized spacial score (nSPS) is 13.5. The van der Waals surface area contributed by atoms with Crippen molar-refractivity contribution in [3.8, 4) is 0 Å². The summed E-state index contributed by atoms with van der Waals surface area (Å²) in [5.74, 6) is -1.45. The van der Waals surface area contributed by atoms with Crippen LogP contribution in [0.4, 0.5) is 0 Å². The average Bonchev–Trinajstić information content (AvgIpc) is 2.51. The number of rotatable bonds is 8. The van der Waals surface area contributed by atoms with Gasteiger partial charge < -0.3 is 16.4 Å². The van der Waals surface area contributed by atoms with Gasteiger partial charge in [0.05, 0.1) is 0 Å². The van der Waals surface area contributed by atoms with Crippen LogP contribution < -0.4 is 16.4 Å². The van der Waals surface area contributed by atoms with Crippen LogP contribution in [0.15, 0.2) is 36.4 Å². The number of amides is 3. The smallest absolute Gasteiger partial charge is 0.243 e. The maximum atomic E-state index is 12.3. The van der Waals surface area contributed by atoms with E-state index in [0.29, 0.717) is 0 Å². The molecule has 24 heavy (non-hydrogen) atoms. The summed E-state index contributed by atoms with van der Waals surface area (Å²) in [6, 6.07) is 8.06. The van der Waals surface area contributed by atoms with Gasteiger partial charge in [-0.15, -0.1) is 0 Å². The Morgan fingerprint density at radius 3 is 2.25 bits per heavy atom. The Bertz CT molecular complexity index is 597. The molecule has 1 rings (SSSR count). The van der Waals surface area contributed by atoms with Crippen LogP contribution in [0.1, 0.15) is 32.8 Å². The molecule has 0 aliphatic carbocycles. The molecule has 0 saturated heterocycles. The van der Waals surface area contributed by atoms with E-state index >= 15 is 0 Å². The summed E-state index contributed by atoms with van der Waals surface area (Å²) in [6.07, 6.45) is 3.92. The van der Waals surface area contributed by atoms with Crippen molar-refractivity contribution in [2.45, 2.75) is 39.3 Å². The van der Waals surface area contributed by atoms with Gasteiger partial charge in [0.2, 0.25) is 17.7 Å². The summed E-state index contributed by atoms with van der Waals surface area (Å²) in [5.41, 5.74) is 6.36. The van der Waals surface area contributed by atoms with Crippen LogP contribution in [0.5, 0.6) is 0 Å². The minimum Gasteiger partial charge on any atom is -0.368 e. The standard InChI is InChI=1S/C18H25N3O3/c1-12(2)16(20-13(3)22)18(24)21-15(17(19)23)11-7-10-14-8-5-4-6-9-14/h4-10,12,15-16H,11H2,1-3H3,(H2,19,23)(H,20,22)(H,21,24)/b10-7+/t15-,16+/m0/s1. The van der Waals surface area contributed by atoms with E-state index in [1.165, 1.54) is 6.92 Å². The molecular weight excluding hydrogens is 306 g/mol. The predicted octanol–water partition coefficient (Wildman–Crippen LogP) is 1.22. The van der Waals surface area contributed by atoms with E-state index in [1.807, 2.05) is 50.3 Å². The quantitative estimate of drug-likeness (QED) is 0.667. The zero-order valence-corrected chi connectivity index (χ0v) is 14.3. The largest absolute Gasteiger partial charge is 0.368 e. The van der Waals surface area contributed by atoms with Crippen molar-refractivity contribution in [1.82, 2.24) is 10.6 Å². The van der Waals surface area contributed by atoms with Crippen LogP contribution in [0.25, 0.3) is 6.08 Å². The molecule has 0 aliphatic rings. The number of hydrogen-bond acceptors (Lipinski definition) is 3. The topological polar surface area (TPSA) is 101 Å². The van der Waals surface area contributed by atoms with Crippen LogP contribution >= 0.6 is 0 Å². The van der Waals surface area contributed by atoms with Crippen LogP contribution in [0, 0.1) is 5.92 Å². The van der Waals surface area contributed by atoms with Gasteiger partial charge in [-0.25, -0.2) is 0 Å². The molecule has 3 amide bonds. The molecule has 0 unspecified atom stereocenters. The van der Waals surface area contributed by atoms with Crippen LogP contribution in [0.3, 0.4) is 0 Å². The number of nitrogens with one attached hydrogen (secondary N) is 2. The molecule has 1 aromatic carbocycles. The van der Waals surface area contributed by atoms with E-state index < -0.39 is 23.9 Å². The van der Waals surface area contributed by atoms with Crippen LogP contribution in [-0.2, 0) is 14.4 Å². The summed E-state index contributed by atoms with van der Waals surface area (Å²) >= 11 is 0. The predicted molar refractivity (Wildman–Crippen MR) is 93.7 cm³/mol. The SMILES string of the molecule is CC(=O)N[C@@H](C(=O)N[C@@H](C/C=C/c1ccccc1)C(N)=O)C(C)C. The lowest BCUT2D eigenvalue weighted by Gasteiger charge is -2.23. The van der Waals surface area contributed by atoms with Gasteiger partial charge in [-0.2, -0.15) is 0 Å². The van der Waals surface area contributed by atoms with E-state index in [4.69, 9.17) is 5.73 Å². The monoisotopic (exact) mass is 331 g/mol. The van der Waals surface area contributed by atoms with E-state index in [-0.39, 0.29) is 18.2 Å².